The van der Waals surface area contributed by atoms with Crippen molar-refractivity contribution in [3.8, 4) is 23.6 Å². The quantitative estimate of drug-likeness (QED) is 0.557. The van der Waals surface area contributed by atoms with Gasteiger partial charge < -0.3 is 4.42 Å². The minimum Gasteiger partial charge on any atom is -0.436 e. The van der Waals surface area contributed by atoms with E-state index in [9.17, 15) is 0 Å². The standard InChI is InChI=1S/C16H8BrN5O/c17-13-4-2-1-3-12(13)16-20-14-7-10(5-6-15(14)23-16)21-22-11(8-18)9-19/h1-7,21H. The topological polar surface area (TPSA) is 98.0 Å². The largest absolute Gasteiger partial charge is 0.436 e. The van der Waals surface area contributed by atoms with Crippen LogP contribution < -0.4 is 5.43 Å². The number of rotatable bonds is 3. The van der Waals surface area contributed by atoms with Gasteiger partial charge in [-0.25, -0.2) is 4.98 Å². The van der Waals surface area contributed by atoms with E-state index in [-0.39, 0.29) is 5.71 Å². The molecule has 0 saturated carbocycles. The normalized spacial score (nSPS) is 9.87. The highest BCUT2D eigenvalue weighted by Gasteiger charge is 2.11. The van der Waals surface area contributed by atoms with Gasteiger partial charge in [0.15, 0.2) is 5.58 Å². The van der Waals surface area contributed by atoms with Crippen LogP contribution in [0.3, 0.4) is 0 Å². The lowest BCUT2D eigenvalue weighted by Gasteiger charge is -1.97. The minimum atomic E-state index is -0.251. The first kappa shape index (κ1) is 14.8. The number of hydrogen-bond acceptors (Lipinski definition) is 6. The zero-order valence-corrected chi connectivity index (χ0v) is 13.2. The first-order valence-electron chi connectivity index (χ1n) is 6.50. The van der Waals surface area contributed by atoms with Gasteiger partial charge in [0.1, 0.15) is 17.7 Å². The fourth-order valence-corrected chi connectivity index (χ4v) is 2.40. The maximum absolute atomic E-state index is 8.66. The zero-order chi connectivity index (χ0) is 16.2. The number of oxazole rings is 1. The van der Waals surface area contributed by atoms with Gasteiger partial charge in [-0.05, 0) is 46.3 Å². The second-order valence-electron chi connectivity index (χ2n) is 4.48. The Morgan fingerprint density at radius 3 is 2.70 bits per heavy atom. The molecule has 3 rings (SSSR count). The van der Waals surface area contributed by atoms with Crippen LogP contribution in [0.1, 0.15) is 0 Å². The van der Waals surface area contributed by atoms with Crippen LogP contribution in [0, 0.1) is 22.7 Å². The lowest BCUT2D eigenvalue weighted by Crippen LogP contribution is -1.95. The van der Waals surface area contributed by atoms with E-state index in [0.717, 1.165) is 10.0 Å². The third kappa shape index (κ3) is 3.05. The molecule has 0 bridgehead atoms. The molecule has 0 aliphatic heterocycles. The van der Waals surface area contributed by atoms with Crippen molar-refractivity contribution < 1.29 is 4.42 Å². The van der Waals surface area contributed by atoms with Gasteiger partial charge in [0, 0.05) is 4.47 Å². The number of halogens is 1. The number of nitrogens with one attached hydrogen (secondary N) is 1. The van der Waals surface area contributed by atoms with Crippen molar-refractivity contribution in [2.24, 2.45) is 5.10 Å². The van der Waals surface area contributed by atoms with Gasteiger partial charge in [0.25, 0.3) is 0 Å². The fourth-order valence-electron chi connectivity index (χ4n) is 1.94. The van der Waals surface area contributed by atoms with Crippen molar-refractivity contribution in [2.45, 2.75) is 0 Å². The summed E-state index contributed by atoms with van der Waals surface area (Å²) in [4.78, 5) is 4.46. The second kappa shape index (κ2) is 6.30. The molecule has 1 heterocycles. The molecule has 0 unspecified atom stereocenters. The van der Waals surface area contributed by atoms with Gasteiger partial charge in [-0.15, -0.1) is 0 Å². The first-order valence-corrected chi connectivity index (χ1v) is 7.30. The number of nitrogens with zero attached hydrogens (tertiary/aromatic N) is 4. The summed E-state index contributed by atoms with van der Waals surface area (Å²) in [5, 5.41) is 21.0. The molecule has 0 aliphatic rings. The van der Waals surface area contributed by atoms with E-state index in [4.69, 9.17) is 14.9 Å². The number of hydrogen-bond donors (Lipinski definition) is 1. The third-order valence-electron chi connectivity index (χ3n) is 3.00. The molecule has 0 aliphatic carbocycles. The molecule has 23 heavy (non-hydrogen) atoms. The molecule has 7 heteroatoms. The number of anilines is 1. The summed E-state index contributed by atoms with van der Waals surface area (Å²) in [7, 11) is 0. The molecule has 6 nitrogen and oxygen atoms in total. The Morgan fingerprint density at radius 1 is 1.17 bits per heavy atom. The van der Waals surface area contributed by atoms with Gasteiger partial charge >= 0.3 is 0 Å². The van der Waals surface area contributed by atoms with Crippen molar-refractivity contribution in [1.29, 1.82) is 10.5 Å². The molecule has 110 valence electrons. The number of benzene rings is 2. The van der Waals surface area contributed by atoms with Gasteiger partial charge in [0.05, 0.1) is 11.3 Å². The van der Waals surface area contributed by atoms with Crippen molar-refractivity contribution >= 4 is 38.4 Å². The summed E-state index contributed by atoms with van der Waals surface area (Å²) in [5.41, 5.74) is 5.13. The Labute approximate surface area is 139 Å². The Kier molecular flexibility index (Phi) is 4.05. The molecule has 0 amide bonds. The van der Waals surface area contributed by atoms with E-state index in [1.165, 1.54) is 0 Å². The molecule has 0 radical (unpaired) electrons. The van der Waals surface area contributed by atoms with Crippen LogP contribution in [0.5, 0.6) is 0 Å². The van der Waals surface area contributed by atoms with Crippen LogP contribution in [-0.4, -0.2) is 10.7 Å². The Morgan fingerprint density at radius 2 is 1.96 bits per heavy atom. The molecule has 2 aromatic carbocycles. The molecule has 0 spiro atoms. The lowest BCUT2D eigenvalue weighted by atomic mass is 10.2. The van der Waals surface area contributed by atoms with E-state index < -0.39 is 0 Å². The van der Waals surface area contributed by atoms with Crippen LogP contribution in [0.15, 0.2) is 56.5 Å². The number of aromatic nitrogens is 1. The van der Waals surface area contributed by atoms with E-state index in [2.05, 4.69) is 31.4 Å². The average Bonchev–Trinajstić information content (AvgIpc) is 2.99. The van der Waals surface area contributed by atoms with Crippen LogP contribution in [0.4, 0.5) is 5.69 Å². The summed E-state index contributed by atoms with van der Waals surface area (Å²) in [6.45, 7) is 0. The molecule has 3 aromatic rings. The molecule has 1 N–H and O–H groups in total. The fraction of sp³-hybridized carbons (Fsp3) is 0. The van der Waals surface area contributed by atoms with Crippen molar-refractivity contribution in [3.63, 3.8) is 0 Å². The number of hydrazone groups is 1. The van der Waals surface area contributed by atoms with Crippen molar-refractivity contribution in [1.82, 2.24) is 4.98 Å². The van der Waals surface area contributed by atoms with Crippen LogP contribution in [0.2, 0.25) is 0 Å². The highest BCUT2D eigenvalue weighted by molar-refractivity contribution is 9.10. The summed E-state index contributed by atoms with van der Waals surface area (Å²) in [5.74, 6) is 0.503. The first-order chi connectivity index (χ1) is 11.2. The van der Waals surface area contributed by atoms with Crippen LogP contribution in [-0.2, 0) is 0 Å². The van der Waals surface area contributed by atoms with Crippen LogP contribution >= 0.6 is 15.9 Å². The molecular formula is C16H8BrN5O. The third-order valence-corrected chi connectivity index (χ3v) is 3.69. The zero-order valence-electron chi connectivity index (χ0n) is 11.6. The summed E-state index contributed by atoms with van der Waals surface area (Å²) >= 11 is 3.47. The maximum Gasteiger partial charge on any atom is 0.237 e. The Balaban J connectivity index is 1.96. The Hall–Kier alpha value is -3.16. The van der Waals surface area contributed by atoms with Gasteiger partial charge in [-0.3, -0.25) is 5.43 Å². The molecule has 0 saturated heterocycles. The van der Waals surface area contributed by atoms with Crippen LogP contribution in [0.25, 0.3) is 22.6 Å². The van der Waals surface area contributed by atoms with E-state index in [0.29, 0.717) is 22.7 Å². The smallest absolute Gasteiger partial charge is 0.237 e. The summed E-state index contributed by atoms with van der Waals surface area (Å²) < 4.78 is 6.64. The summed E-state index contributed by atoms with van der Waals surface area (Å²) in [6.07, 6.45) is 0. The van der Waals surface area contributed by atoms with E-state index in [1.54, 1.807) is 30.3 Å². The predicted octanol–water partition coefficient (Wildman–Crippen LogP) is 4.07. The highest BCUT2D eigenvalue weighted by atomic mass is 79.9. The van der Waals surface area contributed by atoms with E-state index in [1.807, 2.05) is 24.3 Å². The molecule has 0 fully saturated rings. The van der Waals surface area contributed by atoms with Crippen molar-refractivity contribution in [3.05, 3.63) is 46.9 Å². The average molecular weight is 366 g/mol. The maximum atomic E-state index is 8.66. The lowest BCUT2D eigenvalue weighted by molar-refractivity contribution is 0.619. The minimum absolute atomic E-state index is 0.251. The van der Waals surface area contributed by atoms with Crippen molar-refractivity contribution in [2.75, 3.05) is 5.43 Å². The van der Waals surface area contributed by atoms with Gasteiger partial charge in [0.2, 0.25) is 11.6 Å². The summed E-state index contributed by atoms with van der Waals surface area (Å²) in [6, 6.07) is 16.2. The Bertz CT molecular complexity index is 978. The highest BCUT2D eigenvalue weighted by Crippen LogP contribution is 2.30. The van der Waals surface area contributed by atoms with Gasteiger partial charge in [-0.2, -0.15) is 15.6 Å². The van der Waals surface area contributed by atoms with Gasteiger partial charge in [-0.1, -0.05) is 12.1 Å². The molecule has 1 aromatic heterocycles. The second-order valence-corrected chi connectivity index (χ2v) is 5.33. The SMILES string of the molecule is N#CC(C#N)=NNc1ccc2oc(-c3ccccc3Br)nc2c1. The monoisotopic (exact) mass is 365 g/mol. The number of fused-ring (bicyclic) bond motifs is 1. The van der Waals surface area contributed by atoms with E-state index >= 15 is 0 Å². The number of nitriles is 2. The molecule has 0 atom stereocenters. The predicted molar refractivity (Wildman–Crippen MR) is 89.4 cm³/mol. The molecular weight excluding hydrogens is 358 g/mol.